The van der Waals surface area contributed by atoms with Gasteiger partial charge in [-0.2, -0.15) is 0 Å². The molecule has 1 aromatic heterocycles. The van der Waals surface area contributed by atoms with Gasteiger partial charge in [-0.25, -0.2) is 15.8 Å². The summed E-state index contributed by atoms with van der Waals surface area (Å²) in [6.07, 6.45) is 2.64. The van der Waals surface area contributed by atoms with Gasteiger partial charge in [-0.05, 0) is 18.8 Å². The lowest BCUT2D eigenvalue weighted by atomic mass is 10.2. The summed E-state index contributed by atoms with van der Waals surface area (Å²) in [5.41, 5.74) is 3.61. The van der Waals surface area contributed by atoms with Crippen LogP contribution in [0, 0.1) is 5.92 Å². The monoisotopic (exact) mass is 269 g/mol. The van der Waals surface area contributed by atoms with Crippen molar-refractivity contribution in [1.82, 2.24) is 9.97 Å². The number of nitrogens with two attached hydrogens (primary N) is 1. The molecule has 1 aliphatic rings. The molecular formula is C15H19N5. The quantitative estimate of drug-likeness (QED) is 0.644. The summed E-state index contributed by atoms with van der Waals surface area (Å²) in [6, 6.07) is 11.8. The molecule has 20 heavy (non-hydrogen) atoms. The maximum atomic E-state index is 5.52. The van der Waals surface area contributed by atoms with E-state index in [4.69, 9.17) is 5.84 Å². The number of rotatable bonds is 5. The van der Waals surface area contributed by atoms with E-state index in [9.17, 15) is 0 Å². The third kappa shape index (κ3) is 2.88. The molecule has 5 heteroatoms. The maximum absolute atomic E-state index is 5.52. The highest BCUT2D eigenvalue weighted by Crippen LogP contribution is 2.31. The molecule has 5 nitrogen and oxygen atoms in total. The van der Waals surface area contributed by atoms with Crippen LogP contribution in [0.5, 0.6) is 0 Å². The number of benzene rings is 1. The van der Waals surface area contributed by atoms with Crippen molar-refractivity contribution in [2.75, 3.05) is 23.9 Å². The van der Waals surface area contributed by atoms with E-state index in [1.807, 2.05) is 36.4 Å². The van der Waals surface area contributed by atoms with Crippen molar-refractivity contribution in [3.63, 3.8) is 0 Å². The predicted molar refractivity (Wildman–Crippen MR) is 81.3 cm³/mol. The first-order valence-electron chi connectivity index (χ1n) is 6.88. The van der Waals surface area contributed by atoms with Crippen LogP contribution in [0.3, 0.4) is 0 Å². The summed E-state index contributed by atoms with van der Waals surface area (Å²) >= 11 is 0. The van der Waals surface area contributed by atoms with Crippen molar-refractivity contribution in [2.45, 2.75) is 12.8 Å². The van der Waals surface area contributed by atoms with Crippen molar-refractivity contribution in [3.8, 4) is 11.4 Å². The Labute approximate surface area is 118 Å². The number of nitrogens with one attached hydrogen (secondary N) is 1. The minimum absolute atomic E-state index is 0.636. The van der Waals surface area contributed by atoms with E-state index in [2.05, 4.69) is 27.3 Å². The zero-order chi connectivity index (χ0) is 13.9. The molecule has 0 spiro atoms. The normalized spacial score (nSPS) is 14.1. The summed E-state index contributed by atoms with van der Waals surface area (Å²) in [5.74, 6) is 8.56. The van der Waals surface area contributed by atoms with Gasteiger partial charge in [-0.1, -0.05) is 30.3 Å². The molecule has 0 amide bonds. The summed E-state index contributed by atoms with van der Waals surface area (Å²) in [4.78, 5) is 11.3. The van der Waals surface area contributed by atoms with Gasteiger partial charge in [0.15, 0.2) is 5.82 Å². The van der Waals surface area contributed by atoms with Crippen LogP contribution < -0.4 is 16.2 Å². The minimum Gasteiger partial charge on any atom is -0.359 e. The standard InChI is InChI=1S/C15H19N5/c1-20(10-11-7-8-11)14-9-13(19-16)17-15(18-14)12-5-3-2-4-6-12/h2-6,9,11H,7-8,10,16H2,1H3,(H,17,18,19). The second kappa shape index (κ2) is 5.46. The molecule has 3 rings (SSSR count). The van der Waals surface area contributed by atoms with E-state index < -0.39 is 0 Å². The topological polar surface area (TPSA) is 67.1 Å². The first kappa shape index (κ1) is 12.9. The summed E-state index contributed by atoms with van der Waals surface area (Å²) in [7, 11) is 2.07. The highest BCUT2D eigenvalue weighted by molar-refractivity contribution is 5.61. The molecule has 0 unspecified atom stereocenters. The van der Waals surface area contributed by atoms with Crippen LogP contribution in [0.4, 0.5) is 11.6 Å². The average Bonchev–Trinajstić information content (AvgIpc) is 3.31. The lowest BCUT2D eigenvalue weighted by molar-refractivity contribution is 0.776. The smallest absolute Gasteiger partial charge is 0.163 e. The van der Waals surface area contributed by atoms with E-state index in [-0.39, 0.29) is 0 Å². The summed E-state index contributed by atoms with van der Waals surface area (Å²) < 4.78 is 0. The van der Waals surface area contributed by atoms with Gasteiger partial charge in [0.2, 0.25) is 0 Å². The molecule has 1 heterocycles. The first-order valence-corrected chi connectivity index (χ1v) is 6.88. The Morgan fingerprint density at radius 2 is 2.00 bits per heavy atom. The van der Waals surface area contributed by atoms with Gasteiger partial charge in [-0.3, -0.25) is 0 Å². The van der Waals surface area contributed by atoms with Crippen LogP contribution in [0.2, 0.25) is 0 Å². The van der Waals surface area contributed by atoms with Gasteiger partial charge in [-0.15, -0.1) is 0 Å². The number of hydrazine groups is 1. The van der Waals surface area contributed by atoms with Crippen molar-refractivity contribution in [3.05, 3.63) is 36.4 Å². The summed E-state index contributed by atoms with van der Waals surface area (Å²) in [5, 5.41) is 0. The molecule has 104 valence electrons. The van der Waals surface area contributed by atoms with E-state index in [0.717, 1.165) is 23.8 Å². The molecule has 0 atom stereocenters. The highest BCUT2D eigenvalue weighted by Gasteiger charge is 2.23. The predicted octanol–water partition coefficient (Wildman–Crippen LogP) is 2.28. The van der Waals surface area contributed by atoms with Gasteiger partial charge in [0.1, 0.15) is 11.6 Å². The van der Waals surface area contributed by atoms with E-state index >= 15 is 0 Å². The fraction of sp³-hybridized carbons (Fsp3) is 0.333. The molecule has 1 fully saturated rings. The molecule has 0 radical (unpaired) electrons. The molecule has 1 saturated carbocycles. The molecule has 0 saturated heterocycles. The number of aromatic nitrogens is 2. The lowest BCUT2D eigenvalue weighted by Gasteiger charge is -2.19. The van der Waals surface area contributed by atoms with Crippen LogP contribution >= 0.6 is 0 Å². The van der Waals surface area contributed by atoms with Crippen molar-refractivity contribution < 1.29 is 0 Å². The van der Waals surface area contributed by atoms with Crippen molar-refractivity contribution in [1.29, 1.82) is 0 Å². The fourth-order valence-corrected chi connectivity index (χ4v) is 2.20. The Balaban J connectivity index is 1.93. The van der Waals surface area contributed by atoms with Crippen LogP contribution in [0.15, 0.2) is 36.4 Å². The van der Waals surface area contributed by atoms with Crippen LogP contribution in [0.1, 0.15) is 12.8 Å². The van der Waals surface area contributed by atoms with E-state index in [0.29, 0.717) is 11.6 Å². The Kier molecular flexibility index (Phi) is 3.52. The second-order valence-electron chi connectivity index (χ2n) is 5.27. The molecular weight excluding hydrogens is 250 g/mol. The van der Waals surface area contributed by atoms with Gasteiger partial charge < -0.3 is 10.3 Å². The highest BCUT2D eigenvalue weighted by atomic mass is 15.3. The van der Waals surface area contributed by atoms with Crippen molar-refractivity contribution in [2.24, 2.45) is 11.8 Å². The zero-order valence-electron chi connectivity index (χ0n) is 11.6. The van der Waals surface area contributed by atoms with Gasteiger partial charge in [0.25, 0.3) is 0 Å². The van der Waals surface area contributed by atoms with Crippen LogP contribution in [0.25, 0.3) is 11.4 Å². The molecule has 0 aliphatic heterocycles. The Morgan fingerprint density at radius 1 is 1.25 bits per heavy atom. The zero-order valence-corrected chi connectivity index (χ0v) is 11.6. The molecule has 2 aromatic rings. The molecule has 0 bridgehead atoms. The molecule has 1 aliphatic carbocycles. The lowest BCUT2D eigenvalue weighted by Crippen LogP contribution is -2.22. The average molecular weight is 269 g/mol. The number of anilines is 2. The van der Waals surface area contributed by atoms with Gasteiger partial charge in [0.05, 0.1) is 0 Å². The molecule has 3 N–H and O–H groups in total. The number of hydrogen-bond donors (Lipinski definition) is 2. The third-order valence-electron chi connectivity index (χ3n) is 3.51. The number of hydrogen-bond acceptors (Lipinski definition) is 5. The first-order chi connectivity index (χ1) is 9.76. The van der Waals surface area contributed by atoms with Crippen molar-refractivity contribution >= 4 is 11.6 Å². The Bertz CT molecular complexity index is 580. The summed E-state index contributed by atoms with van der Waals surface area (Å²) in [6.45, 7) is 1.04. The largest absolute Gasteiger partial charge is 0.359 e. The SMILES string of the molecule is CN(CC1CC1)c1cc(NN)nc(-c2ccccc2)n1. The third-order valence-corrected chi connectivity index (χ3v) is 3.51. The van der Waals surface area contributed by atoms with Crippen LogP contribution in [-0.2, 0) is 0 Å². The van der Waals surface area contributed by atoms with Gasteiger partial charge in [0, 0.05) is 25.2 Å². The Hall–Kier alpha value is -2.14. The second-order valence-corrected chi connectivity index (χ2v) is 5.27. The number of nitrogens with zero attached hydrogens (tertiary/aromatic N) is 3. The van der Waals surface area contributed by atoms with Gasteiger partial charge >= 0.3 is 0 Å². The number of nitrogen functional groups attached to an aromatic ring is 1. The molecule has 1 aromatic carbocycles. The Morgan fingerprint density at radius 3 is 2.65 bits per heavy atom. The van der Waals surface area contributed by atoms with E-state index in [1.165, 1.54) is 12.8 Å². The fourth-order valence-electron chi connectivity index (χ4n) is 2.20. The van der Waals surface area contributed by atoms with E-state index in [1.54, 1.807) is 0 Å². The van der Waals surface area contributed by atoms with Crippen LogP contribution in [-0.4, -0.2) is 23.6 Å². The maximum Gasteiger partial charge on any atom is 0.163 e. The minimum atomic E-state index is 0.636.